The molecular weight excluding hydrogens is 236 g/mol. The highest BCUT2D eigenvalue weighted by Gasteiger charge is 2.17. The fraction of sp³-hybridized carbons (Fsp3) is 0.167. The number of rotatable bonds is 3. The van der Waals surface area contributed by atoms with E-state index in [4.69, 9.17) is 10.8 Å². The molecule has 0 atom stereocenters. The molecule has 0 aliphatic heterocycles. The fourth-order valence-corrected chi connectivity index (χ4v) is 2.61. The predicted octanol–water partition coefficient (Wildman–Crippen LogP) is 2.28. The Kier molecular flexibility index (Phi) is 3.21. The van der Waals surface area contributed by atoms with E-state index in [0.29, 0.717) is 9.88 Å². The summed E-state index contributed by atoms with van der Waals surface area (Å²) < 4.78 is 0. The Bertz CT molecular complexity index is 563. The molecule has 0 unspecified atom stereocenters. The van der Waals surface area contributed by atoms with Gasteiger partial charge in [0.1, 0.15) is 5.01 Å². The van der Waals surface area contributed by atoms with Gasteiger partial charge in [0.25, 0.3) is 0 Å². The fourth-order valence-electron chi connectivity index (χ4n) is 1.59. The lowest BCUT2D eigenvalue weighted by Crippen LogP contribution is -2.04. The summed E-state index contributed by atoms with van der Waals surface area (Å²) >= 11 is 1.34. The molecule has 0 aliphatic rings. The normalized spacial score (nSPS) is 10.5. The molecule has 3 N–H and O–H groups in total. The van der Waals surface area contributed by atoms with Crippen LogP contribution in [0.2, 0.25) is 0 Å². The molecule has 4 nitrogen and oxygen atoms in total. The molecule has 2 rings (SSSR count). The minimum Gasteiger partial charge on any atom is -0.476 e. The number of nitrogens with two attached hydrogens (primary N) is 1. The van der Waals surface area contributed by atoms with Crippen molar-refractivity contribution in [1.29, 1.82) is 0 Å². The number of aromatic carboxylic acids is 1. The molecule has 0 aliphatic carbocycles. The largest absolute Gasteiger partial charge is 0.476 e. The maximum Gasteiger partial charge on any atom is 0.355 e. The van der Waals surface area contributed by atoms with Crippen molar-refractivity contribution in [2.75, 3.05) is 0 Å². The van der Waals surface area contributed by atoms with E-state index in [1.165, 1.54) is 11.3 Å². The lowest BCUT2D eigenvalue weighted by molar-refractivity contribution is 0.0690. The third kappa shape index (κ3) is 2.20. The number of benzene rings is 1. The van der Waals surface area contributed by atoms with E-state index in [1.807, 2.05) is 31.2 Å². The van der Waals surface area contributed by atoms with Crippen LogP contribution in [0.15, 0.2) is 24.3 Å². The lowest BCUT2D eigenvalue weighted by Gasteiger charge is -1.99. The Balaban J connectivity index is 2.54. The molecule has 0 fully saturated rings. The predicted molar refractivity (Wildman–Crippen MR) is 67.1 cm³/mol. The van der Waals surface area contributed by atoms with Crippen LogP contribution in [0, 0.1) is 6.92 Å². The van der Waals surface area contributed by atoms with Crippen molar-refractivity contribution in [2.24, 2.45) is 5.73 Å². The maximum absolute atomic E-state index is 11.0. The second-order valence-corrected chi connectivity index (χ2v) is 4.70. The molecule has 0 saturated carbocycles. The van der Waals surface area contributed by atoms with Crippen molar-refractivity contribution in [3.05, 3.63) is 40.4 Å². The molecule has 0 bridgehead atoms. The summed E-state index contributed by atoms with van der Waals surface area (Å²) in [5, 5.41) is 9.72. The zero-order chi connectivity index (χ0) is 12.4. The summed E-state index contributed by atoms with van der Waals surface area (Å²) in [6, 6.07) is 7.75. The van der Waals surface area contributed by atoms with Crippen LogP contribution < -0.4 is 5.73 Å². The summed E-state index contributed by atoms with van der Waals surface area (Å²) in [4.78, 5) is 15.8. The van der Waals surface area contributed by atoms with E-state index >= 15 is 0 Å². The standard InChI is InChI=1S/C12H12N2O2S/c1-7-4-2-3-5-8(7)11-14-10(12(15)16)9(6-13)17-11/h2-5H,6,13H2,1H3,(H,15,16). The Morgan fingerprint density at radius 3 is 2.71 bits per heavy atom. The summed E-state index contributed by atoms with van der Waals surface area (Å²) in [5.41, 5.74) is 7.62. The van der Waals surface area contributed by atoms with E-state index < -0.39 is 5.97 Å². The van der Waals surface area contributed by atoms with Gasteiger partial charge in [0, 0.05) is 12.1 Å². The van der Waals surface area contributed by atoms with Gasteiger partial charge in [-0.2, -0.15) is 0 Å². The van der Waals surface area contributed by atoms with Gasteiger partial charge in [-0.1, -0.05) is 24.3 Å². The van der Waals surface area contributed by atoms with Gasteiger partial charge in [0.15, 0.2) is 5.69 Å². The number of carboxylic acids is 1. The third-order valence-electron chi connectivity index (χ3n) is 2.46. The van der Waals surface area contributed by atoms with Gasteiger partial charge in [-0.3, -0.25) is 0 Å². The minimum absolute atomic E-state index is 0.0655. The van der Waals surface area contributed by atoms with E-state index in [1.54, 1.807) is 0 Å². The van der Waals surface area contributed by atoms with Gasteiger partial charge < -0.3 is 10.8 Å². The second-order valence-electron chi connectivity index (χ2n) is 3.61. The summed E-state index contributed by atoms with van der Waals surface area (Å²) in [6.45, 7) is 2.17. The van der Waals surface area contributed by atoms with Crippen LogP contribution in [0.4, 0.5) is 0 Å². The van der Waals surface area contributed by atoms with Gasteiger partial charge in [-0.05, 0) is 12.5 Å². The first-order chi connectivity index (χ1) is 8.13. The van der Waals surface area contributed by atoms with Crippen LogP contribution in [0.25, 0.3) is 10.6 Å². The van der Waals surface area contributed by atoms with Crippen molar-refractivity contribution in [1.82, 2.24) is 4.98 Å². The smallest absolute Gasteiger partial charge is 0.355 e. The molecule has 1 heterocycles. The lowest BCUT2D eigenvalue weighted by atomic mass is 10.1. The van der Waals surface area contributed by atoms with Gasteiger partial charge in [0.05, 0.1) is 4.88 Å². The Labute approximate surface area is 103 Å². The number of aryl methyl sites for hydroxylation is 1. The van der Waals surface area contributed by atoms with E-state index in [2.05, 4.69) is 4.98 Å². The van der Waals surface area contributed by atoms with Crippen molar-refractivity contribution in [3.63, 3.8) is 0 Å². The summed E-state index contributed by atoms with van der Waals surface area (Å²) in [6.07, 6.45) is 0. The molecule has 1 aromatic carbocycles. The quantitative estimate of drug-likeness (QED) is 0.873. The van der Waals surface area contributed by atoms with Crippen molar-refractivity contribution >= 4 is 17.3 Å². The SMILES string of the molecule is Cc1ccccc1-c1nc(C(=O)O)c(CN)s1. The van der Waals surface area contributed by atoms with Crippen molar-refractivity contribution in [2.45, 2.75) is 13.5 Å². The average molecular weight is 248 g/mol. The highest BCUT2D eigenvalue weighted by Crippen LogP contribution is 2.30. The first-order valence-electron chi connectivity index (χ1n) is 5.12. The molecule has 17 heavy (non-hydrogen) atoms. The zero-order valence-corrected chi connectivity index (χ0v) is 10.1. The topological polar surface area (TPSA) is 76.2 Å². The van der Waals surface area contributed by atoms with Crippen LogP contribution in [-0.2, 0) is 6.54 Å². The molecule has 0 saturated heterocycles. The van der Waals surface area contributed by atoms with Crippen LogP contribution in [-0.4, -0.2) is 16.1 Å². The molecule has 0 amide bonds. The first kappa shape index (κ1) is 11.8. The highest BCUT2D eigenvalue weighted by molar-refractivity contribution is 7.15. The first-order valence-corrected chi connectivity index (χ1v) is 5.94. The van der Waals surface area contributed by atoms with E-state index in [9.17, 15) is 4.79 Å². The van der Waals surface area contributed by atoms with E-state index in [0.717, 1.165) is 11.1 Å². The number of nitrogens with zero attached hydrogens (tertiary/aromatic N) is 1. The molecule has 0 spiro atoms. The molecule has 2 aromatic rings. The number of aromatic nitrogens is 1. The third-order valence-corrected chi connectivity index (χ3v) is 3.57. The van der Waals surface area contributed by atoms with Crippen LogP contribution in [0.3, 0.4) is 0 Å². The second kappa shape index (κ2) is 4.65. The number of thiazole rings is 1. The molecule has 88 valence electrons. The van der Waals surface area contributed by atoms with Gasteiger partial charge in [-0.25, -0.2) is 9.78 Å². The zero-order valence-electron chi connectivity index (χ0n) is 9.30. The Morgan fingerprint density at radius 2 is 2.18 bits per heavy atom. The average Bonchev–Trinajstić information content (AvgIpc) is 2.73. The van der Waals surface area contributed by atoms with Gasteiger partial charge in [-0.15, -0.1) is 11.3 Å². The van der Waals surface area contributed by atoms with Crippen LogP contribution in [0.5, 0.6) is 0 Å². The Morgan fingerprint density at radius 1 is 1.47 bits per heavy atom. The van der Waals surface area contributed by atoms with Crippen molar-refractivity contribution < 1.29 is 9.90 Å². The highest BCUT2D eigenvalue weighted by atomic mass is 32.1. The van der Waals surface area contributed by atoms with Crippen LogP contribution >= 0.6 is 11.3 Å². The van der Waals surface area contributed by atoms with Crippen molar-refractivity contribution in [3.8, 4) is 10.6 Å². The summed E-state index contributed by atoms with van der Waals surface area (Å²) in [7, 11) is 0. The molecule has 1 aromatic heterocycles. The number of hydrogen-bond acceptors (Lipinski definition) is 4. The number of carbonyl (C=O) groups is 1. The molecular formula is C12H12N2O2S. The van der Waals surface area contributed by atoms with Crippen LogP contribution in [0.1, 0.15) is 20.9 Å². The maximum atomic E-state index is 11.0. The number of hydrogen-bond donors (Lipinski definition) is 2. The minimum atomic E-state index is -1.03. The number of carboxylic acid groups (broad SMARTS) is 1. The van der Waals surface area contributed by atoms with E-state index in [-0.39, 0.29) is 12.2 Å². The molecule has 5 heteroatoms. The molecule has 0 radical (unpaired) electrons. The Hall–Kier alpha value is -1.72. The summed E-state index contributed by atoms with van der Waals surface area (Å²) in [5.74, 6) is -1.03. The van der Waals surface area contributed by atoms with Gasteiger partial charge >= 0.3 is 5.97 Å². The monoisotopic (exact) mass is 248 g/mol. The van der Waals surface area contributed by atoms with Gasteiger partial charge in [0.2, 0.25) is 0 Å².